The van der Waals surface area contributed by atoms with Crippen LogP contribution in [0.2, 0.25) is 0 Å². The number of amides is 2. The van der Waals surface area contributed by atoms with Gasteiger partial charge in [-0.25, -0.2) is 14.5 Å². The molecule has 8 heteroatoms. The summed E-state index contributed by atoms with van der Waals surface area (Å²) in [6, 6.07) is -0.568. The van der Waals surface area contributed by atoms with Crippen molar-refractivity contribution in [3.05, 3.63) is 27.5 Å². The molecule has 2 aromatic heterocycles. The van der Waals surface area contributed by atoms with Gasteiger partial charge in [0, 0.05) is 10.3 Å². The SMILES string of the molecule is CC1(C)Cc2nc(Cn3cc(CNC(N)=O)nn3)sc2C(C)(C)C1. The van der Waals surface area contributed by atoms with Gasteiger partial charge >= 0.3 is 6.03 Å². The van der Waals surface area contributed by atoms with Crippen molar-refractivity contribution in [1.82, 2.24) is 25.3 Å². The number of thiazole rings is 1. The van der Waals surface area contributed by atoms with Crippen LogP contribution < -0.4 is 11.1 Å². The van der Waals surface area contributed by atoms with Crippen LogP contribution in [0.3, 0.4) is 0 Å². The first-order chi connectivity index (χ1) is 11.1. The number of carbonyl (C=O) groups excluding carboxylic acids is 1. The zero-order valence-electron chi connectivity index (χ0n) is 14.6. The number of fused-ring (bicyclic) bond motifs is 1. The van der Waals surface area contributed by atoms with Gasteiger partial charge < -0.3 is 11.1 Å². The van der Waals surface area contributed by atoms with Crippen LogP contribution in [0.4, 0.5) is 4.79 Å². The summed E-state index contributed by atoms with van der Waals surface area (Å²) in [6.07, 6.45) is 4.00. The van der Waals surface area contributed by atoms with E-state index in [1.54, 1.807) is 16.0 Å². The van der Waals surface area contributed by atoms with Gasteiger partial charge in [-0.05, 0) is 18.3 Å². The van der Waals surface area contributed by atoms with Crippen molar-refractivity contribution in [2.45, 2.75) is 59.0 Å². The Morgan fingerprint density at radius 1 is 1.42 bits per heavy atom. The smallest absolute Gasteiger partial charge is 0.312 e. The maximum Gasteiger partial charge on any atom is 0.312 e. The van der Waals surface area contributed by atoms with Crippen LogP contribution in [0.1, 0.15) is 55.4 Å². The highest BCUT2D eigenvalue weighted by Crippen LogP contribution is 2.47. The summed E-state index contributed by atoms with van der Waals surface area (Å²) >= 11 is 1.78. The fraction of sp³-hybridized carbons (Fsp3) is 0.625. The van der Waals surface area contributed by atoms with E-state index < -0.39 is 6.03 Å². The van der Waals surface area contributed by atoms with Gasteiger partial charge in [0.05, 0.1) is 25.0 Å². The molecule has 3 N–H and O–H groups in total. The van der Waals surface area contributed by atoms with E-state index in [1.807, 2.05) is 6.20 Å². The number of hydrogen-bond donors (Lipinski definition) is 2. The number of hydrogen-bond acceptors (Lipinski definition) is 5. The Hall–Kier alpha value is -1.96. The van der Waals surface area contributed by atoms with Crippen LogP contribution in [-0.4, -0.2) is 26.0 Å². The van der Waals surface area contributed by atoms with E-state index in [0.717, 1.165) is 11.4 Å². The van der Waals surface area contributed by atoms with Crippen LogP contribution in [0.15, 0.2) is 6.20 Å². The lowest BCUT2D eigenvalue weighted by molar-refractivity contribution is 0.232. The number of urea groups is 1. The molecule has 0 saturated heterocycles. The minimum atomic E-state index is -0.568. The van der Waals surface area contributed by atoms with Crippen molar-refractivity contribution >= 4 is 17.4 Å². The standard InChI is InChI=1S/C16H24N6OS/c1-15(2)5-11-13(16(3,4)9-15)24-12(19-11)8-22-7-10(20-21-22)6-18-14(17)23/h7H,5-6,8-9H2,1-4H3,(H3,17,18,23). The molecule has 2 aromatic rings. The number of rotatable bonds is 4. The topological polar surface area (TPSA) is 98.7 Å². The minimum absolute atomic E-state index is 0.159. The van der Waals surface area contributed by atoms with Gasteiger partial charge in [-0.1, -0.05) is 32.9 Å². The molecule has 0 aromatic carbocycles. The molecular formula is C16H24N6OS. The molecule has 0 fully saturated rings. The van der Waals surface area contributed by atoms with Crippen molar-refractivity contribution in [3.63, 3.8) is 0 Å². The summed E-state index contributed by atoms with van der Waals surface area (Å²) < 4.78 is 1.75. The molecule has 1 aliphatic rings. The maximum absolute atomic E-state index is 10.7. The molecule has 0 unspecified atom stereocenters. The average Bonchev–Trinajstić information content (AvgIpc) is 3.01. The first kappa shape index (κ1) is 16.9. The minimum Gasteiger partial charge on any atom is -0.352 e. The Kier molecular flexibility index (Phi) is 4.11. The molecule has 0 atom stereocenters. The summed E-state index contributed by atoms with van der Waals surface area (Å²) in [7, 11) is 0. The van der Waals surface area contributed by atoms with Crippen LogP contribution in [0, 0.1) is 5.41 Å². The van der Waals surface area contributed by atoms with Crippen molar-refractivity contribution in [2.24, 2.45) is 11.1 Å². The van der Waals surface area contributed by atoms with E-state index in [4.69, 9.17) is 10.7 Å². The Labute approximate surface area is 145 Å². The molecule has 2 amide bonds. The fourth-order valence-corrected chi connectivity index (χ4v) is 4.89. The third-order valence-electron chi connectivity index (χ3n) is 4.25. The van der Waals surface area contributed by atoms with Gasteiger partial charge in [-0.15, -0.1) is 16.4 Å². The largest absolute Gasteiger partial charge is 0.352 e. The van der Waals surface area contributed by atoms with Gasteiger partial charge in [0.1, 0.15) is 10.7 Å². The quantitative estimate of drug-likeness (QED) is 0.885. The molecule has 2 heterocycles. The van der Waals surface area contributed by atoms with Gasteiger partial charge in [0.25, 0.3) is 0 Å². The summed E-state index contributed by atoms with van der Waals surface area (Å²) in [5, 5.41) is 11.7. The van der Waals surface area contributed by atoms with Gasteiger partial charge in [-0.2, -0.15) is 0 Å². The summed E-state index contributed by atoms with van der Waals surface area (Å²) in [5.41, 5.74) is 7.41. The third-order valence-corrected chi connectivity index (χ3v) is 5.70. The molecular weight excluding hydrogens is 324 g/mol. The van der Waals surface area contributed by atoms with Gasteiger partial charge in [0.15, 0.2) is 0 Å². The first-order valence-corrected chi connectivity index (χ1v) is 8.88. The van der Waals surface area contributed by atoms with E-state index in [-0.39, 0.29) is 17.4 Å². The van der Waals surface area contributed by atoms with Crippen molar-refractivity contribution in [1.29, 1.82) is 0 Å². The highest BCUT2D eigenvalue weighted by molar-refractivity contribution is 7.11. The van der Waals surface area contributed by atoms with Crippen LogP contribution >= 0.6 is 11.3 Å². The zero-order chi connectivity index (χ0) is 17.5. The van der Waals surface area contributed by atoms with E-state index in [2.05, 4.69) is 43.3 Å². The lowest BCUT2D eigenvalue weighted by atomic mass is 9.67. The second-order valence-corrected chi connectivity index (χ2v) is 8.99. The number of nitrogens with one attached hydrogen (secondary N) is 1. The molecule has 0 aliphatic heterocycles. The molecule has 0 spiro atoms. The van der Waals surface area contributed by atoms with Gasteiger partial charge in [-0.3, -0.25) is 0 Å². The number of nitrogens with zero attached hydrogens (tertiary/aromatic N) is 4. The van der Waals surface area contributed by atoms with Gasteiger partial charge in [0.2, 0.25) is 0 Å². The molecule has 0 bridgehead atoms. The first-order valence-electron chi connectivity index (χ1n) is 8.06. The number of nitrogens with two attached hydrogens (primary N) is 1. The average molecular weight is 348 g/mol. The highest BCUT2D eigenvalue weighted by Gasteiger charge is 2.39. The number of primary amides is 1. The highest BCUT2D eigenvalue weighted by atomic mass is 32.1. The van der Waals surface area contributed by atoms with E-state index in [0.29, 0.717) is 12.2 Å². The summed E-state index contributed by atoms with van der Waals surface area (Å²) in [5.74, 6) is 0. The van der Waals surface area contributed by atoms with Crippen molar-refractivity contribution < 1.29 is 4.79 Å². The predicted octanol–water partition coefficient (Wildman–Crippen LogP) is 2.20. The lowest BCUT2D eigenvalue weighted by Gasteiger charge is -2.39. The molecule has 1 aliphatic carbocycles. The number of aromatic nitrogens is 4. The van der Waals surface area contributed by atoms with Crippen LogP contribution in [-0.2, 0) is 24.9 Å². The van der Waals surface area contributed by atoms with Crippen molar-refractivity contribution in [3.8, 4) is 0 Å². The van der Waals surface area contributed by atoms with E-state index in [9.17, 15) is 4.79 Å². The molecule has 24 heavy (non-hydrogen) atoms. The zero-order valence-corrected chi connectivity index (χ0v) is 15.4. The lowest BCUT2D eigenvalue weighted by Crippen LogP contribution is -2.33. The monoisotopic (exact) mass is 348 g/mol. The predicted molar refractivity (Wildman–Crippen MR) is 92.8 cm³/mol. The van der Waals surface area contributed by atoms with Crippen LogP contribution in [0.25, 0.3) is 0 Å². The molecule has 3 rings (SSSR count). The van der Waals surface area contributed by atoms with E-state index in [1.165, 1.54) is 17.0 Å². The maximum atomic E-state index is 10.7. The molecule has 130 valence electrons. The Morgan fingerprint density at radius 2 is 2.17 bits per heavy atom. The van der Waals surface area contributed by atoms with Crippen molar-refractivity contribution in [2.75, 3.05) is 0 Å². The fourth-order valence-electron chi connectivity index (χ4n) is 3.72. The molecule has 7 nitrogen and oxygen atoms in total. The Bertz CT molecular complexity index is 760. The second kappa shape index (κ2) is 5.84. The second-order valence-electron chi connectivity index (χ2n) is 7.91. The third kappa shape index (κ3) is 3.58. The molecule has 0 radical (unpaired) electrons. The number of carbonyl (C=O) groups is 1. The van der Waals surface area contributed by atoms with E-state index >= 15 is 0 Å². The Morgan fingerprint density at radius 3 is 2.88 bits per heavy atom. The Balaban J connectivity index is 1.76. The summed E-state index contributed by atoms with van der Waals surface area (Å²) in [4.78, 5) is 17.0. The van der Waals surface area contributed by atoms with Crippen LogP contribution in [0.5, 0.6) is 0 Å². The summed E-state index contributed by atoms with van der Waals surface area (Å²) in [6.45, 7) is 10.1. The molecule has 0 saturated carbocycles. The normalized spacial score (nSPS) is 18.2.